The number of nitrogens with one attached hydrogen (secondary N) is 1. The molecule has 0 bridgehead atoms. The summed E-state index contributed by atoms with van der Waals surface area (Å²) in [5, 5.41) is 2.98. The van der Waals surface area contributed by atoms with Crippen molar-refractivity contribution in [2.45, 2.75) is 19.9 Å². The van der Waals surface area contributed by atoms with Crippen LogP contribution in [0.2, 0.25) is 0 Å². The summed E-state index contributed by atoms with van der Waals surface area (Å²) in [6.07, 6.45) is 0. The van der Waals surface area contributed by atoms with Gasteiger partial charge in [-0.15, -0.1) is 0 Å². The minimum atomic E-state index is -0.165. The summed E-state index contributed by atoms with van der Waals surface area (Å²) in [6, 6.07) is 0.174. The van der Waals surface area contributed by atoms with Gasteiger partial charge in [0.1, 0.15) is 0 Å². The fraction of sp³-hybridized carbons (Fsp3) is 0.857. The van der Waals surface area contributed by atoms with Gasteiger partial charge in [0.05, 0.1) is 13.0 Å². The highest BCUT2D eigenvalue weighted by Crippen LogP contribution is 2.02. The molecule has 0 fully saturated rings. The molecule has 0 aliphatic rings. The van der Waals surface area contributed by atoms with Crippen molar-refractivity contribution in [1.82, 2.24) is 5.32 Å². The summed E-state index contributed by atoms with van der Waals surface area (Å²) in [5.41, 5.74) is 0. The molecule has 0 aliphatic heterocycles. The van der Waals surface area contributed by atoms with Crippen molar-refractivity contribution in [1.29, 1.82) is 0 Å². The molecule has 10 heavy (non-hydrogen) atoms. The Morgan fingerprint density at radius 1 is 1.50 bits per heavy atom. The monoisotopic (exact) mass is 145 g/mol. The molecule has 2 atom stereocenters. The minimum Gasteiger partial charge on any atom is -0.469 e. The third kappa shape index (κ3) is 2.35. The van der Waals surface area contributed by atoms with Crippen molar-refractivity contribution in [3.8, 4) is 0 Å². The molecule has 0 rings (SSSR count). The Kier molecular flexibility index (Phi) is 4.03. The van der Waals surface area contributed by atoms with Gasteiger partial charge < -0.3 is 10.1 Å². The second-order valence-corrected chi connectivity index (χ2v) is 2.39. The van der Waals surface area contributed by atoms with Crippen molar-refractivity contribution in [2.24, 2.45) is 5.92 Å². The maximum atomic E-state index is 10.8. The fourth-order valence-electron chi connectivity index (χ4n) is 0.640. The van der Waals surface area contributed by atoms with Crippen molar-refractivity contribution >= 4 is 5.97 Å². The number of carbonyl (C=O) groups excluding carboxylic acids is 1. The van der Waals surface area contributed by atoms with E-state index >= 15 is 0 Å². The highest BCUT2D eigenvalue weighted by Gasteiger charge is 2.18. The minimum absolute atomic E-state index is 0.0741. The van der Waals surface area contributed by atoms with E-state index in [0.717, 1.165) is 0 Å². The van der Waals surface area contributed by atoms with Crippen LogP contribution in [-0.2, 0) is 9.53 Å². The molecule has 0 amide bonds. The number of carbonyl (C=O) groups is 1. The van der Waals surface area contributed by atoms with Crippen LogP contribution in [0.4, 0.5) is 0 Å². The first-order chi connectivity index (χ1) is 4.63. The van der Waals surface area contributed by atoms with E-state index in [1.807, 2.05) is 20.9 Å². The van der Waals surface area contributed by atoms with Gasteiger partial charge in [-0.2, -0.15) is 0 Å². The second-order valence-electron chi connectivity index (χ2n) is 2.39. The van der Waals surface area contributed by atoms with Crippen LogP contribution in [0.15, 0.2) is 0 Å². The van der Waals surface area contributed by atoms with E-state index in [2.05, 4.69) is 10.1 Å². The van der Waals surface area contributed by atoms with E-state index in [0.29, 0.717) is 0 Å². The lowest BCUT2D eigenvalue weighted by atomic mass is 10.1. The normalized spacial score (nSPS) is 16.0. The smallest absolute Gasteiger partial charge is 0.309 e. The zero-order valence-corrected chi connectivity index (χ0v) is 6.97. The summed E-state index contributed by atoms with van der Waals surface area (Å²) in [4.78, 5) is 10.8. The topological polar surface area (TPSA) is 38.3 Å². The molecule has 0 saturated heterocycles. The maximum Gasteiger partial charge on any atom is 0.309 e. The predicted molar refractivity (Wildman–Crippen MR) is 39.7 cm³/mol. The van der Waals surface area contributed by atoms with Gasteiger partial charge in [-0.1, -0.05) is 6.92 Å². The molecule has 3 nitrogen and oxygen atoms in total. The van der Waals surface area contributed by atoms with Crippen LogP contribution >= 0.6 is 0 Å². The lowest BCUT2D eigenvalue weighted by molar-refractivity contribution is -0.145. The van der Waals surface area contributed by atoms with Crippen molar-refractivity contribution < 1.29 is 9.53 Å². The number of rotatable bonds is 3. The highest BCUT2D eigenvalue weighted by molar-refractivity contribution is 5.72. The summed E-state index contributed by atoms with van der Waals surface area (Å²) < 4.78 is 4.56. The molecule has 3 heteroatoms. The Morgan fingerprint density at radius 3 is 2.30 bits per heavy atom. The van der Waals surface area contributed by atoms with Gasteiger partial charge in [0.25, 0.3) is 0 Å². The Balaban J connectivity index is 3.81. The average molecular weight is 145 g/mol. The Morgan fingerprint density at radius 2 is 2.00 bits per heavy atom. The van der Waals surface area contributed by atoms with Gasteiger partial charge in [0, 0.05) is 6.04 Å². The SMILES string of the molecule is CN[C@@H](C)[C@@H](C)C(=O)OC. The van der Waals surface area contributed by atoms with E-state index < -0.39 is 0 Å². The van der Waals surface area contributed by atoms with Gasteiger partial charge in [0.2, 0.25) is 0 Å². The first-order valence-electron chi connectivity index (χ1n) is 3.38. The summed E-state index contributed by atoms with van der Waals surface area (Å²) in [7, 11) is 3.23. The fourth-order valence-corrected chi connectivity index (χ4v) is 0.640. The van der Waals surface area contributed by atoms with Crippen LogP contribution in [0.25, 0.3) is 0 Å². The highest BCUT2D eigenvalue weighted by atomic mass is 16.5. The lowest BCUT2D eigenvalue weighted by Gasteiger charge is -2.15. The van der Waals surface area contributed by atoms with Gasteiger partial charge in [-0.3, -0.25) is 4.79 Å². The maximum absolute atomic E-state index is 10.8. The molecule has 0 heterocycles. The molecular weight excluding hydrogens is 130 g/mol. The van der Waals surface area contributed by atoms with Gasteiger partial charge in [-0.25, -0.2) is 0 Å². The number of methoxy groups -OCH3 is 1. The molecular formula is C7H15NO2. The summed E-state index contributed by atoms with van der Waals surface area (Å²) >= 11 is 0. The average Bonchev–Trinajstić information content (AvgIpc) is 2.00. The summed E-state index contributed by atoms with van der Waals surface area (Å²) in [5.74, 6) is -0.239. The number of esters is 1. The molecule has 1 N–H and O–H groups in total. The quantitative estimate of drug-likeness (QED) is 0.584. The van der Waals surface area contributed by atoms with Crippen LogP contribution in [0.1, 0.15) is 13.8 Å². The van der Waals surface area contributed by atoms with Crippen LogP contribution in [-0.4, -0.2) is 26.2 Å². The Bertz CT molecular complexity index is 114. The van der Waals surface area contributed by atoms with Gasteiger partial charge in [-0.05, 0) is 14.0 Å². The van der Waals surface area contributed by atoms with E-state index in [9.17, 15) is 4.79 Å². The van der Waals surface area contributed by atoms with Crippen LogP contribution in [0.3, 0.4) is 0 Å². The number of hydrogen-bond donors (Lipinski definition) is 1. The number of ether oxygens (including phenoxy) is 1. The van der Waals surface area contributed by atoms with Crippen molar-refractivity contribution in [3.63, 3.8) is 0 Å². The molecule has 0 aliphatic carbocycles. The van der Waals surface area contributed by atoms with E-state index in [4.69, 9.17) is 0 Å². The van der Waals surface area contributed by atoms with Gasteiger partial charge >= 0.3 is 5.97 Å². The van der Waals surface area contributed by atoms with E-state index in [1.54, 1.807) is 0 Å². The van der Waals surface area contributed by atoms with Crippen molar-refractivity contribution in [2.75, 3.05) is 14.2 Å². The Labute approximate surface area is 61.8 Å². The molecule has 0 aromatic carbocycles. The molecule has 0 aromatic rings. The molecule has 0 aromatic heterocycles. The summed E-state index contributed by atoms with van der Waals surface area (Å²) in [6.45, 7) is 3.79. The zero-order chi connectivity index (χ0) is 8.15. The molecule has 60 valence electrons. The standard InChI is InChI=1S/C7H15NO2/c1-5(6(2)8-3)7(9)10-4/h5-6,8H,1-4H3/t5-,6+/m1/s1. The van der Waals surface area contributed by atoms with Crippen molar-refractivity contribution in [3.05, 3.63) is 0 Å². The Hall–Kier alpha value is -0.570. The second kappa shape index (κ2) is 4.28. The largest absolute Gasteiger partial charge is 0.469 e. The predicted octanol–water partition coefficient (Wildman–Crippen LogP) is 0.403. The first-order valence-corrected chi connectivity index (χ1v) is 3.38. The van der Waals surface area contributed by atoms with E-state index in [1.165, 1.54) is 7.11 Å². The lowest BCUT2D eigenvalue weighted by Crippen LogP contribution is -2.34. The first kappa shape index (κ1) is 9.43. The van der Waals surface area contributed by atoms with Crippen LogP contribution in [0, 0.1) is 5.92 Å². The molecule has 0 saturated carbocycles. The third-order valence-electron chi connectivity index (χ3n) is 1.78. The zero-order valence-electron chi connectivity index (χ0n) is 6.97. The van der Waals surface area contributed by atoms with E-state index in [-0.39, 0.29) is 17.9 Å². The molecule has 0 unspecified atom stereocenters. The molecule has 0 radical (unpaired) electrons. The van der Waals surface area contributed by atoms with Gasteiger partial charge in [0.15, 0.2) is 0 Å². The van der Waals surface area contributed by atoms with Crippen LogP contribution in [0.5, 0.6) is 0 Å². The number of hydrogen-bond acceptors (Lipinski definition) is 3. The van der Waals surface area contributed by atoms with Crippen LogP contribution < -0.4 is 5.32 Å². The molecule has 0 spiro atoms. The third-order valence-corrected chi connectivity index (χ3v) is 1.78.